The monoisotopic (exact) mass is 407 g/mol. The van der Waals surface area contributed by atoms with Crippen molar-refractivity contribution in [2.75, 3.05) is 4.72 Å². The molecular weight excluding hydrogens is 398 g/mol. The molecular formula is C14H9F8NO2S. The van der Waals surface area contributed by atoms with E-state index in [-0.39, 0.29) is 18.2 Å². The number of halogens is 8. The minimum atomic E-state index is -5.20. The third kappa shape index (κ3) is 4.56. The lowest BCUT2D eigenvalue weighted by Gasteiger charge is -2.34. The summed E-state index contributed by atoms with van der Waals surface area (Å²) in [5, 5.41) is 0. The zero-order valence-electron chi connectivity index (χ0n) is 12.3. The molecule has 26 heavy (non-hydrogen) atoms. The molecule has 0 aliphatic carbocycles. The number of rotatable bonds is 3. The van der Waals surface area contributed by atoms with Crippen LogP contribution >= 0.6 is 10.8 Å². The van der Waals surface area contributed by atoms with Crippen molar-refractivity contribution in [1.82, 2.24) is 0 Å². The highest BCUT2D eigenvalue weighted by Gasteiger charge is 2.38. The molecule has 0 radical (unpaired) electrons. The van der Waals surface area contributed by atoms with E-state index in [1.807, 2.05) is 0 Å². The fraction of sp³-hybridized carbons (Fsp3) is 0.143. The lowest BCUT2D eigenvalue weighted by Crippen LogP contribution is -2.16. The largest absolute Gasteiger partial charge is 0.416 e. The van der Waals surface area contributed by atoms with Crippen molar-refractivity contribution >= 4 is 16.5 Å². The van der Waals surface area contributed by atoms with Crippen LogP contribution in [0.15, 0.2) is 41.3 Å². The highest BCUT2D eigenvalue weighted by molar-refractivity contribution is 8.25. The van der Waals surface area contributed by atoms with E-state index in [2.05, 4.69) is 0 Å². The Balaban J connectivity index is 2.53. The van der Waals surface area contributed by atoms with Gasteiger partial charge in [-0.2, -0.15) is 26.3 Å². The predicted molar refractivity (Wildman–Crippen MR) is 77.5 cm³/mol. The summed E-state index contributed by atoms with van der Waals surface area (Å²) >= 11 is 0. The first-order valence-corrected chi connectivity index (χ1v) is 8.05. The van der Waals surface area contributed by atoms with E-state index in [4.69, 9.17) is 0 Å². The molecule has 0 bridgehead atoms. The highest BCUT2D eigenvalue weighted by Crippen LogP contribution is 2.51. The van der Waals surface area contributed by atoms with Gasteiger partial charge in [0.15, 0.2) is 5.82 Å². The third-order valence-electron chi connectivity index (χ3n) is 3.07. The minimum absolute atomic E-state index is 0.0962. The summed E-state index contributed by atoms with van der Waals surface area (Å²) in [4.78, 5) is -1.16. The van der Waals surface area contributed by atoms with E-state index in [9.17, 15) is 44.2 Å². The molecule has 0 aromatic heterocycles. The molecule has 2 aromatic carbocycles. The summed E-state index contributed by atoms with van der Waals surface area (Å²) in [7, 11) is -4.53. The molecule has 0 aliphatic heterocycles. The molecule has 0 aliphatic rings. The molecule has 0 saturated heterocycles. The fourth-order valence-electron chi connectivity index (χ4n) is 1.88. The van der Waals surface area contributed by atoms with Crippen LogP contribution < -0.4 is 4.72 Å². The Morgan fingerprint density at radius 1 is 0.769 bits per heavy atom. The topological polar surface area (TPSA) is 52.5 Å². The molecule has 2 aromatic rings. The number of benzene rings is 2. The van der Waals surface area contributed by atoms with Gasteiger partial charge < -0.3 is 0 Å². The van der Waals surface area contributed by atoms with Gasteiger partial charge in [0.1, 0.15) is 5.82 Å². The molecule has 2 rings (SSSR count). The van der Waals surface area contributed by atoms with Crippen molar-refractivity contribution in [3.05, 3.63) is 59.2 Å². The molecule has 144 valence electrons. The summed E-state index contributed by atoms with van der Waals surface area (Å²) in [6.07, 6.45) is -10.4. The van der Waals surface area contributed by atoms with Gasteiger partial charge in [-0.25, -0.2) is 8.78 Å². The van der Waals surface area contributed by atoms with Crippen molar-refractivity contribution in [1.29, 1.82) is 0 Å². The minimum Gasteiger partial charge on any atom is -0.278 e. The van der Waals surface area contributed by atoms with Gasteiger partial charge in [-0.05, 0) is 30.3 Å². The van der Waals surface area contributed by atoms with Crippen molar-refractivity contribution in [3.63, 3.8) is 0 Å². The predicted octanol–water partition coefficient (Wildman–Crippen LogP) is 6.14. The molecule has 0 unspecified atom stereocenters. The van der Waals surface area contributed by atoms with Crippen molar-refractivity contribution < 1.29 is 44.2 Å². The van der Waals surface area contributed by atoms with Gasteiger partial charge in [-0.1, -0.05) is 10.8 Å². The number of alkyl halides is 6. The van der Waals surface area contributed by atoms with E-state index >= 15 is 0 Å². The lowest BCUT2D eigenvalue weighted by atomic mass is 10.1. The lowest BCUT2D eigenvalue weighted by molar-refractivity contribution is -0.143. The second kappa shape index (κ2) is 6.59. The zero-order chi connectivity index (χ0) is 19.9. The molecule has 3 N–H and O–H groups in total. The van der Waals surface area contributed by atoms with Gasteiger partial charge in [-0.3, -0.25) is 13.8 Å². The number of hydrogen-bond donors (Lipinski definition) is 3. The van der Waals surface area contributed by atoms with Crippen LogP contribution in [0.1, 0.15) is 11.1 Å². The smallest absolute Gasteiger partial charge is 0.278 e. The summed E-state index contributed by atoms with van der Waals surface area (Å²) in [5.74, 6) is -2.35. The molecule has 12 heteroatoms. The van der Waals surface area contributed by atoms with Crippen LogP contribution in [0.25, 0.3) is 0 Å². The second-order valence-electron chi connectivity index (χ2n) is 5.02. The maximum atomic E-state index is 13.6. The normalized spacial score (nSPS) is 13.6. The molecule has 0 saturated carbocycles. The maximum Gasteiger partial charge on any atom is 0.416 e. The summed E-state index contributed by atoms with van der Waals surface area (Å²) in [6, 6.07) is 1.74. The van der Waals surface area contributed by atoms with E-state index in [0.717, 1.165) is 0 Å². The Bertz CT molecular complexity index is 787. The summed E-state index contributed by atoms with van der Waals surface area (Å²) in [6.45, 7) is 0. The van der Waals surface area contributed by atoms with E-state index in [0.29, 0.717) is 18.2 Å². The molecule has 0 atom stereocenters. The SMILES string of the molecule is OS(O)(Nc1ccc(F)cc1F)c1cc(C(F)(F)F)cc(C(F)(F)F)c1. The summed E-state index contributed by atoms with van der Waals surface area (Å²) in [5.41, 5.74) is -4.27. The Kier molecular flexibility index (Phi) is 5.14. The van der Waals surface area contributed by atoms with Gasteiger partial charge in [-0.15, -0.1) is 0 Å². The Morgan fingerprint density at radius 3 is 1.69 bits per heavy atom. The van der Waals surface area contributed by atoms with Gasteiger partial charge in [0.2, 0.25) is 0 Å². The van der Waals surface area contributed by atoms with Crippen molar-refractivity contribution in [3.8, 4) is 0 Å². The van der Waals surface area contributed by atoms with Crippen LogP contribution in [0.4, 0.5) is 40.8 Å². The quantitative estimate of drug-likeness (QED) is 0.536. The first kappa shape index (κ1) is 20.3. The van der Waals surface area contributed by atoms with E-state index < -0.39 is 56.5 Å². The van der Waals surface area contributed by atoms with E-state index in [1.54, 1.807) is 4.72 Å². The van der Waals surface area contributed by atoms with Crippen LogP contribution in [0.3, 0.4) is 0 Å². The van der Waals surface area contributed by atoms with Gasteiger partial charge in [0.05, 0.1) is 21.7 Å². The Labute approximate surface area is 142 Å². The maximum absolute atomic E-state index is 13.6. The first-order chi connectivity index (χ1) is 11.7. The highest BCUT2D eigenvalue weighted by atomic mass is 32.3. The van der Waals surface area contributed by atoms with E-state index in [1.165, 1.54) is 0 Å². The van der Waals surface area contributed by atoms with Gasteiger partial charge in [0.25, 0.3) is 0 Å². The fourth-order valence-corrected chi connectivity index (χ4v) is 3.05. The van der Waals surface area contributed by atoms with Gasteiger partial charge in [0, 0.05) is 6.07 Å². The zero-order valence-corrected chi connectivity index (χ0v) is 13.1. The van der Waals surface area contributed by atoms with Crippen LogP contribution in [0, 0.1) is 11.6 Å². The molecule has 0 heterocycles. The number of nitrogens with one attached hydrogen (secondary N) is 1. The second-order valence-corrected chi connectivity index (χ2v) is 6.79. The average molecular weight is 407 g/mol. The molecule has 0 amide bonds. The Hall–Kier alpha value is -2.05. The van der Waals surface area contributed by atoms with Crippen molar-refractivity contribution in [2.45, 2.75) is 17.2 Å². The molecule has 0 fully saturated rings. The van der Waals surface area contributed by atoms with Crippen LogP contribution in [0.2, 0.25) is 0 Å². The van der Waals surface area contributed by atoms with Gasteiger partial charge >= 0.3 is 12.4 Å². The van der Waals surface area contributed by atoms with Crippen molar-refractivity contribution in [2.24, 2.45) is 0 Å². The third-order valence-corrected chi connectivity index (χ3v) is 4.47. The number of anilines is 1. The Morgan fingerprint density at radius 2 is 1.27 bits per heavy atom. The number of hydrogen-bond acceptors (Lipinski definition) is 3. The average Bonchev–Trinajstić information content (AvgIpc) is 2.48. The van der Waals surface area contributed by atoms with Crippen LogP contribution in [-0.2, 0) is 12.4 Å². The molecule has 3 nitrogen and oxygen atoms in total. The standard InChI is InChI=1S/C14H9F8NO2S/c15-9-1-2-12(11(16)6-9)23-26(24,25)10-4-7(13(17,18)19)3-8(5-10)14(20,21)22/h1-6,23-25H. The first-order valence-electron chi connectivity index (χ1n) is 6.51. The summed E-state index contributed by atoms with van der Waals surface area (Å²) < 4.78 is 125. The van der Waals surface area contributed by atoms with Crippen LogP contribution in [-0.4, -0.2) is 9.11 Å². The molecule has 0 spiro atoms. The van der Waals surface area contributed by atoms with Crippen LogP contribution in [0.5, 0.6) is 0 Å².